The van der Waals surface area contributed by atoms with E-state index < -0.39 is 0 Å². The third-order valence-electron chi connectivity index (χ3n) is 2.95. The molecular formula is C19H47N. The first-order valence-electron chi connectivity index (χ1n) is 9.51. The van der Waals surface area contributed by atoms with Crippen molar-refractivity contribution in [3.8, 4) is 0 Å². The van der Waals surface area contributed by atoms with Crippen molar-refractivity contribution < 1.29 is 0 Å². The van der Waals surface area contributed by atoms with Gasteiger partial charge in [-0.15, -0.1) is 0 Å². The minimum atomic E-state index is 0.732. The number of unbranched alkanes of at least 4 members (excludes halogenated alkanes) is 7. The van der Waals surface area contributed by atoms with Gasteiger partial charge in [-0.2, -0.15) is 0 Å². The lowest BCUT2D eigenvalue weighted by Gasteiger charge is -2.07. The molecule has 128 valence electrons. The monoisotopic (exact) mass is 289 g/mol. The summed E-state index contributed by atoms with van der Waals surface area (Å²) < 4.78 is 0. The van der Waals surface area contributed by atoms with E-state index in [2.05, 4.69) is 13.8 Å². The van der Waals surface area contributed by atoms with Gasteiger partial charge in [0.15, 0.2) is 0 Å². The van der Waals surface area contributed by atoms with Crippen LogP contribution in [-0.2, 0) is 0 Å². The van der Waals surface area contributed by atoms with Gasteiger partial charge in [-0.05, 0) is 18.9 Å². The number of nitrogens with two attached hydrogens (primary N) is 1. The van der Waals surface area contributed by atoms with Crippen LogP contribution in [0, 0.1) is 5.92 Å². The molecule has 20 heavy (non-hydrogen) atoms. The fraction of sp³-hybridized carbons (Fsp3) is 1.00. The third kappa shape index (κ3) is 36.1. The van der Waals surface area contributed by atoms with E-state index in [1.165, 1.54) is 57.8 Å². The molecule has 0 saturated carbocycles. The first-order valence-corrected chi connectivity index (χ1v) is 9.51. The van der Waals surface area contributed by atoms with Crippen molar-refractivity contribution in [3.63, 3.8) is 0 Å². The van der Waals surface area contributed by atoms with Crippen LogP contribution in [0.15, 0.2) is 0 Å². The summed E-state index contributed by atoms with van der Waals surface area (Å²) in [6.07, 6.45) is 12.7. The smallest absolute Gasteiger partial charge is 0.00515 e. The number of hydrogen-bond acceptors (Lipinski definition) is 1. The van der Waals surface area contributed by atoms with E-state index in [0.717, 1.165) is 12.5 Å². The van der Waals surface area contributed by atoms with Gasteiger partial charge in [0.1, 0.15) is 0 Å². The van der Waals surface area contributed by atoms with Crippen LogP contribution in [0.2, 0.25) is 0 Å². The minimum Gasteiger partial charge on any atom is -0.330 e. The number of hydrogen-bond donors (Lipinski definition) is 1. The zero-order valence-corrected chi connectivity index (χ0v) is 16.2. The van der Waals surface area contributed by atoms with Crippen molar-refractivity contribution in [3.05, 3.63) is 0 Å². The Balaban J connectivity index is -0.000000187. The normalized spacial score (nSPS) is 10.1. The van der Waals surface area contributed by atoms with Gasteiger partial charge in [0.25, 0.3) is 0 Å². The van der Waals surface area contributed by atoms with Crippen molar-refractivity contribution in [2.24, 2.45) is 11.7 Å². The average Bonchev–Trinajstić information content (AvgIpc) is 2.55. The molecule has 0 saturated heterocycles. The lowest BCUT2D eigenvalue weighted by molar-refractivity contribution is 0.488. The predicted molar refractivity (Wildman–Crippen MR) is 99.5 cm³/mol. The summed E-state index contributed by atoms with van der Waals surface area (Å²) in [5.74, 6) is 0.732. The van der Waals surface area contributed by atoms with Crippen molar-refractivity contribution in [2.75, 3.05) is 6.54 Å². The van der Waals surface area contributed by atoms with Crippen LogP contribution >= 0.6 is 0 Å². The molecule has 2 N–H and O–H groups in total. The molecule has 0 aliphatic rings. The van der Waals surface area contributed by atoms with Gasteiger partial charge in [-0.3, -0.25) is 0 Å². The molecule has 0 rings (SSSR count). The molecule has 1 heteroatoms. The molecular weight excluding hydrogens is 242 g/mol. The lowest BCUT2D eigenvalue weighted by atomic mass is 10.0. The molecule has 1 nitrogen and oxygen atoms in total. The Hall–Kier alpha value is -0.0400. The lowest BCUT2D eigenvalue weighted by Crippen LogP contribution is -2.10. The first kappa shape index (κ1) is 28.2. The van der Waals surface area contributed by atoms with E-state index in [9.17, 15) is 0 Å². The topological polar surface area (TPSA) is 26.0 Å². The summed E-state index contributed by atoms with van der Waals surface area (Å²) >= 11 is 0. The Morgan fingerprint density at radius 2 is 1.00 bits per heavy atom. The standard InChI is InChI=1S/C13H29N.3C2H6/c1-3-4-5-6-7-8-9-10-11-13(2)12-14;3*1-2/h13H,3-12,14H2,1-2H3;3*1-2H3. The zero-order chi connectivity index (χ0) is 16.6. The highest BCUT2D eigenvalue weighted by Crippen LogP contribution is 2.12. The molecule has 1 atom stereocenters. The summed E-state index contributed by atoms with van der Waals surface area (Å²) in [6, 6.07) is 0. The summed E-state index contributed by atoms with van der Waals surface area (Å²) in [5.41, 5.74) is 5.57. The maximum Gasteiger partial charge on any atom is -0.00515 e. The molecule has 0 aliphatic heterocycles. The molecule has 0 aromatic carbocycles. The van der Waals surface area contributed by atoms with E-state index >= 15 is 0 Å². The third-order valence-corrected chi connectivity index (χ3v) is 2.95. The Labute approximate surface area is 132 Å². The summed E-state index contributed by atoms with van der Waals surface area (Å²) in [6.45, 7) is 17.4. The fourth-order valence-corrected chi connectivity index (χ4v) is 1.74. The van der Waals surface area contributed by atoms with Crippen LogP contribution in [0.5, 0.6) is 0 Å². The molecule has 0 radical (unpaired) electrons. The first-order chi connectivity index (χ1) is 9.81. The van der Waals surface area contributed by atoms with E-state index in [0.29, 0.717) is 0 Å². The molecule has 0 fully saturated rings. The molecule has 0 amide bonds. The maximum atomic E-state index is 5.57. The van der Waals surface area contributed by atoms with E-state index in [1.54, 1.807) is 0 Å². The molecule has 0 aromatic heterocycles. The van der Waals surface area contributed by atoms with Crippen molar-refractivity contribution >= 4 is 0 Å². The van der Waals surface area contributed by atoms with Crippen LogP contribution in [-0.4, -0.2) is 6.54 Å². The van der Waals surface area contributed by atoms with Gasteiger partial charge in [-0.25, -0.2) is 0 Å². The predicted octanol–water partition coefficient (Wildman–Crippen LogP) is 7.19. The molecule has 0 heterocycles. The van der Waals surface area contributed by atoms with Gasteiger partial charge < -0.3 is 5.73 Å². The van der Waals surface area contributed by atoms with Crippen LogP contribution in [0.25, 0.3) is 0 Å². The van der Waals surface area contributed by atoms with E-state index in [-0.39, 0.29) is 0 Å². The molecule has 0 bridgehead atoms. The Bertz CT molecular complexity index is 102. The largest absolute Gasteiger partial charge is 0.330 e. The van der Waals surface area contributed by atoms with Gasteiger partial charge in [-0.1, -0.05) is 107 Å². The van der Waals surface area contributed by atoms with Gasteiger partial charge in [0.2, 0.25) is 0 Å². The second kappa shape index (κ2) is 36.4. The van der Waals surface area contributed by atoms with Crippen molar-refractivity contribution in [1.82, 2.24) is 0 Å². The molecule has 0 spiro atoms. The summed E-state index contributed by atoms with van der Waals surface area (Å²) in [5, 5.41) is 0. The van der Waals surface area contributed by atoms with Crippen molar-refractivity contribution in [1.29, 1.82) is 0 Å². The minimum absolute atomic E-state index is 0.732. The van der Waals surface area contributed by atoms with Crippen molar-refractivity contribution in [2.45, 2.75) is 113 Å². The highest BCUT2D eigenvalue weighted by atomic mass is 14.5. The fourth-order valence-electron chi connectivity index (χ4n) is 1.74. The quantitative estimate of drug-likeness (QED) is 0.423. The molecule has 0 aliphatic carbocycles. The van der Waals surface area contributed by atoms with Gasteiger partial charge in [0, 0.05) is 0 Å². The average molecular weight is 290 g/mol. The van der Waals surface area contributed by atoms with Crippen LogP contribution in [0.4, 0.5) is 0 Å². The SMILES string of the molecule is CC.CC.CC.CCCCCCCCCCC(C)CN. The van der Waals surface area contributed by atoms with Crippen LogP contribution in [0.3, 0.4) is 0 Å². The summed E-state index contributed by atoms with van der Waals surface area (Å²) in [4.78, 5) is 0. The van der Waals surface area contributed by atoms with E-state index in [1.807, 2.05) is 41.5 Å². The molecule has 1 unspecified atom stereocenters. The second-order valence-electron chi connectivity index (χ2n) is 4.60. The maximum absolute atomic E-state index is 5.57. The molecule has 0 aromatic rings. The Kier molecular flexibility index (Phi) is 51.3. The van der Waals surface area contributed by atoms with Gasteiger partial charge in [0.05, 0.1) is 0 Å². The highest BCUT2D eigenvalue weighted by Gasteiger charge is 1.98. The Morgan fingerprint density at radius 1 is 0.650 bits per heavy atom. The van der Waals surface area contributed by atoms with E-state index in [4.69, 9.17) is 5.73 Å². The van der Waals surface area contributed by atoms with Crippen LogP contribution in [0.1, 0.15) is 113 Å². The Morgan fingerprint density at radius 3 is 1.35 bits per heavy atom. The number of rotatable bonds is 10. The summed E-state index contributed by atoms with van der Waals surface area (Å²) in [7, 11) is 0. The second-order valence-corrected chi connectivity index (χ2v) is 4.60. The highest BCUT2D eigenvalue weighted by molar-refractivity contribution is 4.53. The van der Waals surface area contributed by atoms with Gasteiger partial charge >= 0.3 is 0 Å². The zero-order valence-electron chi connectivity index (χ0n) is 16.2. The van der Waals surface area contributed by atoms with Crippen LogP contribution < -0.4 is 5.73 Å².